The SMILES string of the molecule is c1ccc2c(c1)ccc1c2c2ccccc2n1-c1ccc2c(c1)c1c3ccccc3ccc1n2-c1nc2ccccc2nc1-c1ccc2c(c1)oc1ccccc12. The second-order valence-electron chi connectivity index (χ2n) is 14.9. The molecule has 0 radical (unpaired) electrons. The molecule has 264 valence electrons. The van der Waals surface area contributed by atoms with E-state index in [1.54, 1.807) is 0 Å². The van der Waals surface area contributed by atoms with Crippen molar-refractivity contribution in [1.82, 2.24) is 19.1 Å². The lowest BCUT2D eigenvalue weighted by molar-refractivity contribution is 0.669. The van der Waals surface area contributed by atoms with Crippen molar-refractivity contribution in [2.45, 2.75) is 0 Å². The van der Waals surface area contributed by atoms with Crippen LogP contribution in [0.1, 0.15) is 0 Å². The lowest BCUT2D eigenvalue weighted by atomic mass is 10.0. The highest BCUT2D eigenvalue weighted by Gasteiger charge is 2.23. The molecule has 0 amide bonds. The van der Waals surface area contributed by atoms with E-state index in [9.17, 15) is 0 Å². The Morgan fingerprint density at radius 1 is 0.368 bits per heavy atom. The van der Waals surface area contributed by atoms with Crippen LogP contribution in [0.2, 0.25) is 0 Å². The maximum atomic E-state index is 6.40. The lowest BCUT2D eigenvalue weighted by Gasteiger charge is -2.14. The Morgan fingerprint density at radius 2 is 0.947 bits per heavy atom. The summed E-state index contributed by atoms with van der Waals surface area (Å²) in [5.41, 5.74) is 10.7. The predicted molar refractivity (Wildman–Crippen MR) is 236 cm³/mol. The van der Waals surface area contributed by atoms with Crippen LogP contribution < -0.4 is 0 Å². The van der Waals surface area contributed by atoms with Crippen molar-refractivity contribution in [3.63, 3.8) is 0 Å². The minimum absolute atomic E-state index is 0.774. The van der Waals surface area contributed by atoms with E-state index in [1.807, 2.05) is 36.4 Å². The van der Waals surface area contributed by atoms with Crippen LogP contribution >= 0.6 is 0 Å². The lowest BCUT2D eigenvalue weighted by Crippen LogP contribution is -2.04. The molecule has 0 aliphatic rings. The first-order chi connectivity index (χ1) is 28.3. The van der Waals surface area contributed by atoms with Gasteiger partial charge in [0.1, 0.15) is 16.9 Å². The van der Waals surface area contributed by atoms with Crippen LogP contribution in [0.3, 0.4) is 0 Å². The van der Waals surface area contributed by atoms with Gasteiger partial charge in [0.25, 0.3) is 0 Å². The van der Waals surface area contributed by atoms with Gasteiger partial charge in [0.2, 0.25) is 0 Å². The van der Waals surface area contributed by atoms with Crippen LogP contribution in [0.5, 0.6) is 0 Å². The molecule has 0 spiro atoms. The van der Waals surface area contributed by atoms with Crippen LogP contribution in [-0.2, 0) is 0 Å². The molecule has 13 aromatic rings. The standard InChI is InChI=1S/C52H30N4O/c1-3-13-35-31(11-1)22-26-45-49(35)39-16-5-9-19-43(39)55(45)34-24-28-44-40(30-34)50-36-14-4-2-12-32(36)23-27-46(50)56(44)52-51(53-41-17-7-8-18-42(41)54-52)33-21-25-38-37-15-6-10-20-47(37)57-48(38)29-33/h1-30H. The van der Waals surface area contributed by atoms with E-state index in [0.29, 0.717) is 0 Å². The van der Waals surface area contributed by atoms with E-state index in [1.165, 1.54) is 48.7 Å². The largest absolute Gasteiger partial charge is 0.456 e. The second-order valence-corrected chi connectivity index (χ2v) is 14.9. The van der Waals surface area contributed by atoms with Crippen molar-refractivity contribution in [3.05, 3.63) is 182 Å². The number of para-hydroxylation sites is 4. The van der Waals surface area contributed by atoms with Crippen molar-refractivity contribution < 1.29 is 4.42 Å². The van der Waals surface area contributed by atoms with Crippen LogP contribution in [0.15, 0.2) is 186 Å². The average Bonchev–Trinajstić information content (AvgIpc) is 3.93. The first-order valence-electron chi connectivity index (χ1n) is 19.3. The Morgan fingerprint density at radius 3 is 1.74 bits per heavy atom. The fourth-order valence-corrected chi connectivity index (χ4v) is 9.38. The summed E-state index contributed by atoms with van der Waals surface area (Å²) < 4.78 is 11.1. The number of hydrogen-bond acceptors (Lipinski definition) is 3. The number of benzene rings is 9. The molecular formula is C52H30N4O. The molecule has 13 rings (SSSR count). The van der Waals surface area contributed by atoms with E-state index in [-0.39, 0.29) is 0 Å². The van der Waals surface area contributed by atoms with Gasteiger partial charge in [0.15, 0.2) is 5.82 Å². The van der Waals surface area contributed by atoms with Crippen molar-refractivity contribution in [2.24, 2.45) is 0 Å². The first kappa shape index (κ1) is 30.6. The fourth-order valence-electron chi connectivity index (χ4n) is 9.38. The normalized spacial score (nSPS) is 12.2. The zero-order chi connectivity index (χ0) is 37.2. The maximum absolute atomic E-state index is 6.40. The van der Waals surface area contributed by atoms with E-state index in [4.69, 9.17) is 14.4 Å². The Kier molecular flexibility index (Phi) is 6.10. The number of hydrogen-bond donors (Lipinski definition) is 0. The van der Waals surface area contributed by atoms with E-state index < -0.39 is 0 Å². The van der Waals surface area contributed by atoms with Crippen LogP contribution in [0, 0.1) is 0 Å². The van der Waals surface area contributed by atoms with Crippen molar-refractivity contribution in [1.29, 1.82) is 0 Å². The van der Waals surface area contributed by atoms with E-state index in [2.05, 4.69) is 155 Å². The van der Waals surface area contributed by atoms with E-state index in [0.717, 1.165) is 72.2 Å². The zero-order valence-electron chi connectivity index (χ0n) is 30.5. The van der Waals surface area contributed by atoms with Gasteiger partial charge in [0.05, 0.1) is 33.1 Å². The molecule has 0 aliphatic heterocycles. The summed E-state index contributed by atoms with van der Waals surface area (Å²) in [6.45, 7) is 0. The van der Waals surface area contributed by atoms with Gasteiger partial charge in [0, 0.05) is 43.6 Å². The smallest absolute Gasteiger partial charge is 0.165 e. The zero-order valence-corrected chi connectivity index (χ0v) is 30.5. The summed E-state index contributed by atoms with van der Waals surface area (Å²) in [5.74, 6) is 0.774. The summed E-state index contributed by atoms with van der Waals surface area (Å²) in [6.07, 6.45) is 0. The molecule has 0 saturated carbocycles. The van der Waals surface area contributed by atoms with Gasteiger partial charge in [-0.15, -0.1) is 0 Å². The summed E-state index contributed by atoms with van der Waals surface area (Å²) in [6, 6.07) is 64.8. The number of aromatic nitrogens is 4. The molecular weight excluding hydrogens is 697 g/mol. The molecule has 5 heteroatoms. The van der Waals surface area contributed by atoms with Gasteiger partial charge in [-0.05, 0) is 88.3 Å². The topological polar surface area (TPSA) is 48.8 Å². The summed E-state index contributed by atoms with van der Waals surface area (Å²) in [5, 5.41) is 11.9. The molecule has 5 nitrogen and oxygen atoms in total. The third-order valence-electron chi connectivity index (χ3n) is 11.9. The Hall–Kier alpha value is -7.76. The Labute approximate surface area is 325 Å². The molecule has 0 unspecified atom stereocenters. The van der Waals surface area contributed by atoms with Gasteiger partial charge < -0.3 is 8.98 Å². The molecule has 0 aliphatic carbocycles. The highest BCUT2D eigenvalue weighted by Crippen LogP contribution is 2.43. The highest BCUT2D eigenvalue weighted by molar-refractivity contribution is 6.23. The van der Waals surface area contributed by atoms with Gasteiger partial charge in [-0.3, -0.25) is 4.57 Å². The highest BCUT2D eigenvalue weighted by atomic mass is 16.3. The molecule has 4 aromatic heterocycles. The number of rotatable bonds is 3. The number of furan rings is 1. The van der Waals surface area contributed by atoms with Gasteiger partial charge in [-0.1, -0.05) is 115 Å². The molecule has 0 atom stereocenters. The minimum atomic E-state index is 0.774. The second kappa shape index (κ2) is 11.4. The maximum Gasteiger partial charge on any atom is 0.165 e. The third kappa shape index (κ3) is 4.28. The van der Waals surface area contributed by atoms with Gasteiger partial charge in [-0.25, -0.2) is 9.97 Å². The first-order valence-corrected chi connectivity index (χ1v) is 19.3. The molecule has 9 aromatic carbocycles. The van der Waals surface area contributed by atoms with E-state index >= 15 is 0 Å². The molecule has 57 heavy (non-hydrogen) atoms. The van der Waals surface area contributed by atoms with Crippen LogP contribution in [0.4, 0.5) is 0 Å². The third-order valence-corrected chi connectivity index (χ3v) is 11.9. The Balaban J connectivity index is 1.13. The molecule has 0 saturated heterocycles. The molecule has 4 heterocycles. The average molecular weight is 727 g/mol. The molecule has 0 fully saturated rings. The molecule has 0 N–H and O–H groups in total. The summed E-state index contributed by atoms with van der Waals surface area (Å²) in [7, 11) is 0. The molecule has 0 bridgehead atoms. The van der Waals surface area contributed by atoms with Crippen molar-refractivity contribution in [3.8, 4) is 22.8 Å². The van der Waals surface area contributed by atoms with Crippen molar-refractivity contribution >= 4 is 98.1 Å². The van der Waals surface area contributed by atoms with Crippen molar-refractivity contribution in [2.75, 3.05) is 0 Å². The van der Waals surface area contributed by atoms with Gasteiger partial charge in [-0.2, -0.15) is 0 Å². The Bertz CT molecular complexity index is 3830. The van der Waals surface area contributed by atoms with Crippen LogP contribution in [0.25, 0.3) is 121 Å². The quantitative estimate of drug-likeness (QED) is 0.182. The fraction of sp³-hybridized carbons (Fsp3) is 0. The van der Waals surface area contributed by atoms with Crippen LogP contribution in [-0.4, -0.2) is 19.1 Å². The monoisotopic (exact) mass is 726 g/mol. The van der Waals surface area contributed by atoms with Gasteiger partial charge >= 0.3 is 0 Å². The predicted octanol–water partition coefficient (Wildman–Crippen LogP) is 13.7. The number of nitrogens with zero attached hydrogens (tertiary/aromatic N) is 4. The summed E-state index contributed by atoms with van der Waals surface area (Å²) in [4.78, 5) is 10.8. The summed E-state index contributed by atoms with van der Waals surface area (Å²) >= 11 is 0. The minimum Gasteiger partial charge on any atom is -0.456 e. The number of fused-ring (bicyclic) bond motifs is 14.